The van der Waals surface area contributed by atoms with Crippen LogP contribution in [0.4, 0.5) is 8.78 Å². The van der Waals surface area contributed by atoms with Gasteiger partial charge in [0, 0.05) is 17.5 Å². The Bertz CT molecular complexity index is 1160. The molecule has 7 heteroatoms. The van der Waals surface area contributed by atoms with Crippen LogP contribution in [-0.2, 0) is 0 Å². The van der Waals surface area contributed by atoms with E-state index in [0.29, 0.717) is 23.5 Å². The first-order valence-corrected chi connectivity index (χ1v) is 9.87. The van der Waals surface area contributed by atoms with E-state index in [1.54, 1.807) is 14.2 Å². The quantitative estimate of drug-likeness (QED) is 0.578. The van der Waals surface area contributed by atoms with Gasteiger partial charge in [0.2, 0.25) is 6.23 Å². The Kier molecular flexibility index (Phi) is 4.73. The van der Waals surface area contributed by atoms with Gasteiger partial charge in [-0.3, -0.25) is 0 Å². The number of hydrogen-bond acceptors (Lipinski definition) is 5. The van der Waals surface area contributed by atoms with Crippen LogP contribution in [0.25, 0.3) is 0 Å². The summed E-state index contributed by atoms with van der Waals surface area (Å²) in [6.45, 7) is 0. The molecule has 2 heterocycles. The third-order valence-electron chi connectivity index (χ3n) is 5.65. The van der Waals surface area contributed by atoms with Crippen molar-refractivity contribution in [3.05, 3.63) is 89.0 Å². The van der Waals surface area contributed by atoms with Gasteiger partial charge in [0.1, 0.15) is 17.2 Å². The molecule has 0 unspecified atom stereocenters. The molecule has 31 heavy (non-hydrogen) atoms. The first kappa shape index (κ1) is 19.4. The molecule has 0 bridgehead atoms. The highest BCUT2D eigenvalue weighted by atomic mass is 19.2. The van der Waals surface area contributed by atoms with Crippen molar-refractivity contribution in [2.75, 3.05) is 14.2 Å². The lowest BCUT2D eigenvalue weighted by atomic mass is 9.95. The van der Waals surface area contributed by atoms with E-state index in [4.69, 9.17) is 19.3 Å². The van der Waals surface area contributed by atoms with Gasteiger partial charge in [0.25, 0.3) is 0 Å². The van der Waals surface area contributed by atoms with Crippen molar-refractivity contribution in [3.63, 3.8) is 0 Å². The summed E-state index contributed by atoms with van der Waals surface area (Å²) in [6, 6.07) is 16.9. The molecular formula is C24H20F2N2O3. The number of fused-ring (bicyclic) bond motifs is 3. The van der Waals surface area contributed by atoms with Crippen LogP contribution in [0.2, 0.25) is 0 Å². The Morgan fingerprint density at radius 3 is 2.35 bits per heavy atom. The summed E-state index contributed by atoms with van der Waals surface area (Å²) in [5, 5.41) is 6.64. The fourth-order valence-corrected chi connectivity index (χ4v) is 4.04. The summed E-state index contributed by atoms with van der Waals surface area (Å²) in [4.78, 5) is 0. The highest BCUT2D eigenvalue weighted by Crippen LogP contribution is 2.48. The molecule has 0 amide bonds. The number of nitrogens with zero attached hydrogens (tertiary/aromatic N) is 2. The molecule has 0 fully saturated rings. The van der Waals surface area contributed by atoms with Crippen LogP contribution in [0, 0.1) is 11.6 Å². The minimum atomic E-state index is -0.920. The van der Waals surface area contributed by atoms with Crippen molar-refractivity contribution in [2.45, 2.75) is 18.7 Å². The maximum absolute atomic E-state index is 14.0. The van der Waals surface area contributed by atoms with Crippen molar-refractivity contribution in [1.29, 1.82) is 0 Å². The van der Waals surface area contributed by atoms with Gasteiger partial charge in [-0.05, 0) is 60.2 Å². The van der Waals surface area contributed by atoms with Crippen LogP contribution in [0.15, 0.2) is 65.8 Å². The number of halogens is 2. The first-order valence-electron chi connectivity index (χ1n) is 9.87. The van der Waals surface area contributed by atoms with Crippen molar-refractivity contribution in [3.8, 4) is 17.2 Å². The van der Waals surface area contributed by atoms with Gasteiger partial charge in [0.15, 0.2) is 11.6 Å². The molecule has 0 radical (unpaired) electrons. The molecule has 5 nitrogen and oxygen atoms in total. The second-order valence-corrected chi connectivity index (χ2v) is 7.42. The Hall–Kier alpha value is -3.61. The Morgan fingerprint density at radius 2 is 1.65 bits per heavy atom. The van der Waals surface area contributed by atoms with E-state index >= 15 is 0 Å². The predicted molar refractivity (Wildman–Crippen MR) is 111 cm³/mol. The highest BCUT2D eigenvalue weighted by Gasteiger charge is 2.41. The maximum Gasteiger partial charge on any atom is 0.213 e. The smallest absolute Gasteiger partial charge is 0.213 e. The van der Waals surface area contributed by atoms with Gasteiger partial charge in [0.05, 0.1) is 26.0 Å². The molecule has 3 aromatic rings. The molecule has 3 aromatic carbocycles. The van der Waals surface area contributed by atoms with Crippen LogP contribution in [0.1, 0.15) is 35.4 Å². The van der Waals surface area contributed by atoms with Crippen molar-refractivity contribution >= 4 is 5.71 Å². The normalized spacial score (nSPS) is 19.2. The predicted octanol–water partition coefficient (Wildman–Crippen LogP) is 5.22. The van der Waals surface area contributed by atoms with E-state index in [2.05, 4.69) is 0 Å². The molecule has 158 valence electrons. The van der Waals surface area contributed by atoms with Crippen molar-refractivity contribution in [2.24, 2.45) is 5.10 Å². The molecule has 0 aromatic heterocycles. The molecule has 0 spiro atoms. The summed E-state index contributed by atoms with van der Waals surface area (Å²) in [5.74, 6) is 0.328. The number of rotatable bonds is 4. The van der Waals surface area contributed by atoms with Gasteiger partial charge in [-0.1, -0.05) is 6.07 Å². The number of hydrazone groups is 1. The fourth-order valence-electron chi connectivity index (χ4n) is 4.04. The third-order valence-corrected chi connectivity index (χ3v) is 5.65. The van der Waals surface area contributed by atoms with E-state index in [1.165, 1.54) is 6.07 Å². The fraction of sp³-hybridized carbons (Fsp3) is 0.208. The Labute approximate surface area is 178 Å². The molecule has 0 aliphatic carbocycles. The van der Waals surface area contributed by atoms with Gasteiger partial charge < -0.3 is 14.2 Å². The topological polar surface area (TPSA) is 43.3 Å². The van der Waals surface area contributed by atoms with Gasteiger partial charge in [-0.15, -0.1) is 0 Å². The monoisotopic (exact) mass is 422 g/mol. The Morgan fingerprint density at radius 1 is 0.903 bits per heavy atom. The third kappa shape index (κ3) is 3.36. The zero-order valence-corrected chi connectivity index (χ0v) is 17.0. The highest BCUT2D eigenvalue weighted by molar-refractivity contribution is 6.02. The molecule has 0 saturated heterocycles. The van der Waals surface area contributed by atoms with Gasteiger partial charge in [-0.2, -0.15) is 5.10 Å². The second-order valence-electron chi connectivity index (χ2n) is 7.42. The largest absolute Gasteiger partial charge is 0.497 e. The van der Waals surface area contributed by atoms with E-state index in [9.17, 15) is 8.78 Å². The second kappa shape index (κ2) is 7.58. The van der Waals surface area contributed by atoms with Gasteiger partial charge >= 0.3 is 0 Å². The SMILES string of the molecule is COc1ccc(C2=NN3[C@H](C2)c2cc(OC)ccc2O[C@H]3c2ccc(F)c(F)c2)cc1. The lowest BCUT2D eigenvalue weighted by Gasteiger charge is -2.38. The number of ether oxygens (including phenoxy) is 3. The minimum Gasteiger partial charge on any atom is -0.497 e. The molecule has 0 saturated carbocycles. The van der Waals surface area contributed by atoms with Crippen LogP contribution in [0.3, 0.4) is 0 Å². The zero-order valence-electron chi connectivity index (χ0n) is 17.0. The molecule has 2 aliphatic rings. The zero-order chi connectivity index (χ0) is 21.5. The van der Waals surface area contributed by atoms with E-state index in [1.807, 2.05) is 47.5 Å². The number of benzene rings is 3. The molecule has 0 N–H and O–H groups in total. The summed E-state index contributed by atoms with van der Waals surface area (Å²) < 4.78 is 44.3. The Balaban J connectivity index is 1.58. The molecular weight excluding hydrogens is 402 g/mol. The van der Waals surface area contributed by atoms with Crippen LogP contribution in [0.5, 0.6) is 17.2 Å². The van der Waals surface area contributed by atoms with Crippen molar-refractivity contribution in [1.82, 2.24) is 5.01 Å². The summed E-state index contributed by atoms with van der Waals surface area (Å²) in [7, 11) is 3.23. The van der Waals surface area contributed by atoms with E-state index in [-0.39, 0.29) is 6.04 Å². The van der Waals surface area contributed by atoms with Crippen LogP contribution in [-0.4, -0.2) is 24.9 Å². The van der Waals surface area contributed by atoms with E-state index < -0.39 is 17.9 Å². The summed E-state index contributed by atoms with van der Waals surface area (Å²) >= 11 is 0. The van der Waals surface area contributed by atoms with Crippen molar-refractivity contribution < 1.29 is 23.0 Å². The van der Waals surface area contributed by atoms with Gasteiger partial charge in [-0.25, -0.2) is 13.8 Å². The van der Waals surface area contributed by atoms with E-state index in [0.717, 1.165) is 34.7 Å². The lowest BCUT2D eigenvalue weighted by Crippen LogP contribution is -2.33. The molecule has 5 rings (SSSR count). The number of hydrogen-bond donors (Lipinski definition) is 0. The standard InChI is InChI=1S/C24H20F2N2O3/c1-29-16-6-3-14(4-7-16)21-13-22-18-12-17(30-2)8-10-23(18)31-24(28(22)27-21)15-5-9-19(25)20(26)11-15/h3-12,22,24H,13H2,1-2H3/t22-,24+/m1/s1. The summed E-state index contributed by atoms with van der Waals surface area (Å²) in [5.41, 5.74) is 3.26. The van der Waals surface area contributed by atoms with Crippen LogP contribution >= 0.6 is 0 Å². The number of methoxy groups -OCH3 is 2. The average molecular weight is 422 g/mol. The minimum absolute atomic E-state index is 0.130. The van der Waals surface area contributed by atoms with Crippen LogP contribution < -0.4 is 14.2 Å². The average Bonchev–Trinajstić information content (AvgIpc) is 3.26. The maximum atomic E-state index is 14.0. The molecule has 2 atom stereocenters. The summed E-state index contributed by atoms with van der Waals surface area (Å²) in [6.07, 6.45) is -0.0486. The molecule has 2 aliphatic heterocycles. The first-order chi connectivity index (χ1) is 15.1. The lowest BCUT2D eigenvalue weighted by molar-refractivity contribution is -0.0193.